The van der Waals surface area contributed by atoms with Crippen LogP contribution in [0, 0.1) is 6.92 Å². The van der Waals surface area contributed by atoms with Crippen molar-refractivity contribution in [3.63, 3.8) is 0 Å². The van der Waals surface area contributed by atoms with Crippen LogP contribution in [-0.2, 0) is 7.05 Å². The van der Waals surface area contributed by atoms with E-state index in [9.17, 15) is 0 Å². The predicted molar refractivity (Wildman–Crippen MR) is 73.7 cm³/mol. The highest BCUT2D eigenvalue weighted by atomic mass is 35.5. The number of rotatable bonds is 1. The maximum Gasteiger partial charge on any atom is 0.125 e. The maximum absolute atomic E-state index is 6.01. The molecule has 0 atom stereocenters. The molecule has 2 aromatic heterocycles. The first kappa shape index (κ1) is 11.2. The molecule has 18 heavy (non-hydrogen) atoms. The molecule has 3 nitrogen and oxygen atoms in total. The second kappa shape index (κ2) is 4.10. The van der Waals surface area contributed by atoms with Crippen LogP contribution in [0.25, 0.3) is 22.2 Å². The Morgan fingerprint density at radius 1 is 1.11 bits per heavy atom. The van der Waals surface area contributed by atoms with Crippen molar-refractivity contribution >= 4 is 22.5 Å². The van der Waals surface area contributed by atoms with E-state index in [1.807, 2.05) is 44.6 Å². The first-order valence-corrected chi connectivity index (χ1v) is 6.07. The van der Waals surface area contributed by atoms with Crippen LogP contribution in [0.2, 0.25) is 5.02 Å². The Kier molecular flexibility index (Phi) is 2.56. The summed E-state index contributed by atoms with van der Waals surface area (Å²) < 4.78 is 2.12. The Labute approximate surface area is 110 Å². The van der Waals surface area contributed by atoms with Gasteiger partial charge in [0.15, 0.2) is 0 Å². The quantitative estimate of drug-likeness (QED) is 0.667. The van der Waals surface area contributed by atoms with E-state index in [0.29, 0.717) is 0 Å². The Hall–Kier alpha value is -1.87. The van der Waals surface area contributed by atoms with E-state index in [4.69, 9.17) is 11.6 Å². The number of benzene rings is 1. The highest BCUT2D eigenvalue weighted by Crippen LogP contribution is 2.28. The van der Waals surface area contributed by atoms with Crippen LogP contribution in [-0.4, -0.2) is 14.5 Å². The monoisotopic (exact) mass is 257 g/mol. The van der Waals surface area contributed by atoms with Gasteiger partial charge in [0.1, 0.15) is 5.82 Å². The molecule has 0 fully saturated rings. The Morgan fingerprint density at radius 3 is 2.56 bits per heavy atom. The molecule has 0 radical (unpaired) electrons. The summed E-state index contributed by atoms with van der Waals surface area (Å²) in [5.41, 5.74) is 3.25. The number of halogens is 1. The molecule has 0 amide bonds. The van der Waals surface area contributed by atoms with Gasteiger partial charge in [-0.25, -0.2) is 9.97 Å². The van der Waals surface area contributed by atoms with Crippen molar-refractivity contribution in [2.45, 2.75) is 6.92 Å². The Morgan fingerprint density at radius 2 is 1.83 bits per heavy atom. The summed E-state index contributed by atoms with van der Waals surface area (Å²) in [4.78, 5) is 8.47. The SMILES string of the molecule is Cc1ncc(-c2cc3cc(Cl)ccc3n2C)cn1. The van der Waals surface area contributed by atoms with Gasteiger partial charge in [0, 0.05) is 40.9 Å². The number of hydrogen-bond acceptors (Lipinski definition) is 2. The fourth-order valence-electron chi connectivity index (χ4n) is 2.12. The molecule has 2 heterocycles. The summed E-state index contributed by atoms with van der Waals surface area (Å²) in [6, 6.07) is 8.00. The molecule has 90 valence electrons. The lowest BCUT2D eigenvalue weighted by Crippen LogP contribution is -1.93. The van der Waals surface area contributed by atoms with E-state index in [-0.39, 0.29) is 0 Å². The van der Waals surface area contributed by atoms with Crippen LogP contribution in [0.1, 0.15) is 5.82 Å². The highest BCUT2D eigenvalue weighted by Gasteiger charge is 2.08. The molecule has 1 aromatic carbocycles. The van der Waals surface area contributed by atoms with E-state index in [1.54, 1.807) is 0 Å². The van der Waals surface area contributed by atoms with Gasteiger partial charge in [-0.15, -0.1) is 0 Å². The second-order valence-corrected chi connectivity index (χ2v) is 4.75. The lowest BCUT2D eigenvalue weighted by atomic mass is 10.2. The van der Waals surface area contributed by atoms with Crippen LogP contribution >= 0.6 is 11.6 Å². The molecular formula is C14H12ClN3. The summed E-state index contributed by atoms with van der Waals surface area (Å²) in [6.07, 6.45) is 3.69. The van der Waals surface area contributed by atoms with Crippen LogP contribution < -0.4 is 0 Å². The molecule has 0 unspecified atom stereocenters. The van der Waals surface area contributed by atoms with Crippen molar-refractivity contribution in [1.82, 2.24) is 14.5 Å². The molecule has 0 aliphatic rings. The van der Waals surface area contributed by atoms with Gasteiger partial charge in [-0.05, 0) is 31.2 Å². The highest BCUT2D eigenvalue weighted by molar-refractivity contribution is 6.31. The summed E-state index contributed by atoms with van der Waals surface area (Å²) in [6.45, 7) is 1.88. The van der Waals surface area contributed by atoms with E-state index in [2.05, 4.69) is 20.6 Å². The predicted octanol–water partition coefficient (Wildman–Crippen LogP) is 3.60. The third-order valence-corrected chi connectivity index (χ3v) is 3.32. The van der Waals surface area contributed by atoms with E-state index < -0.39 is 0 Å². The first-order valence-electron chi connectivity index (χ1n) is 5.69. The molecule has 0 spiro atoms. The lowest BCUT2D eigenvalue weighted by Gasteiger charge is -2.03. The number of aromatic nitrogens is 3. The van der Waals surface area contributed by atoms with Crippen molar-refractivity contribution in [2.75, 3.05) is 0 Å². The molecule has 4 heteroatoms. The molecule has 0 saturated heterocycles. The number of nitrogens with zero attached hydrogens (tertiary/aromatic N) is 3. The molecule has 0 bridgehead atoms. The van der Waals surface area contributed by atoms with Crippen molar-refractivity contribution in [3.05, 3.63) is 47.5 Å². The Balaban J connectivity index is 2.23. The summed E-state index contributed by atoms with van der Waals surface area (Å²) >= 11 is 6.01. The van der Waals surface area contributed by atoms with Crippen LogP contribution in [0.15, 0.2) is 36.7 Å². The minimum atomic E-state index is 0.750. The molecule has 0 N–H and O–H groups in total. The van der Waals surface area contributed by atoms with Crippen molar-refractivity contribution in [2.24, 2.45) is 7.05 Å². The normalized spacial score (nSPS) is 11.1. The molecule has 0 saturated carbocycles. The average molecular weight is 258 g/mol. The van der Waals surface area contributed by atoms with Crippen LogP contribution in [0.5, 0.6) is 0 Å². The van der Waals surface area contributed by atoms with Gasteiger partial charge in [-0.1, -0.05) is 11.6 Å². The van der Waals surface area contributed by atoms with Gasteiger partial charge in [0.25, 0.3) is 0 Å². The van der Waals surface area contributed by atoms with E-state index in [0.717, 1.165) is 33.0 Å². The third kappa shape index (κ3) is 1.77. The summed E-state index contributed by atoms with van der Waals surface area (Å²) in [5, 5.41) is 1.88. The van der Waals surface area contributed by atoms with Crippen molar-refractivity contribution < 1.29 is 0 Å². The molecule has 0 aliphatic carbocycles. The largest absolute Gasteiger partial charge is 0.344 e. The molecule has 3 rings (SSSR count). The van der Waals surface area contributed by atoms with E-state index >= 15 is 0 Å². The van der Waals surface area contributed by atoms with Gasteiger partial charge in [-0.2, -0.15) is 0 Å². The van der Waals surface area contributed by atoms with Gasteiger partial charge < -0.3 is 4.57 Å². The number of hydrogen-bond donors (Lipinski definition) is 0. The molecular weight excluding hydrogens is 246 g/mol. The standard InChI is InChI=1S/C14H12ClN3/c1-9-16-7-11(8-17-9)14-6-10-5-12(15)3-4-13(10)18(14)2/h3-8H,1-2H3. The smallest absolute Gasteiger partial charge is 0.125 e. The van der Waals surface area contributed by atoms with Crippen LogP contribution in [0.3, 0.4) is 0 Å². The topological polar surface area (TPSA) is 30.7 Å². The maximum atomic E-state index is 6.01. The average Bonchev–Trinajstić information content (AvgIpc) is 2.67. The fraction of sp³-hybridized carbons (Fsp3) is 0.143. The fourth-order valence-corrected chi connectivity index (χ4v) is 2.30. The number of aryl methyl sites for hydroxylation is 2. The van der Waals surface area contributed by atoms with Gasteiger partial charge in [-0.3, -0.25) is 0 Å². The second-order valence-electron chi connectivity index (χ2n) is 4.31. The zero-order valence-electron chi connectivity index (χ0n) is 10.2. The molecule has 0 aliphatic heterocycles. The summed E-state index contributed by atoms with van der Waals surface area (Å²) in [5.74, 6) is 0.778. The third-order valence-electron chi connectivity index (χ3n) is 3.08. The summed E-state index contributed by atoms with van der Waals surface area (Å²) in [7, 11) is 2.03. The minimum absolute atomic E-state index is 0.750. The Bertz CT molecular complexity index is 714. The zero-order chi connectivity index (χ0) is 12.7. The molecule has 3 aromatic rings. The van der Waals surface area contributed by atoms with Gasteiger partial charge in [0.2, 0.25) is 0 Å². The first-order chi connectivity index (χ1) is 8.65. The van der Waals surface area contributed by atoms with Gasteiger partial charge in [0.05, 0.1) is 5.69 Å². The van der Waals surface area contributed by atoms with Crippen molar-refractivity contribution in [1.29, 1.82) is 0 Å². The lowest BCUT2D eigenvalue weighted by molar-refractivity contribution is 0.967. The van der Waals surface area contributed by atoms with Crippen LogP contribution in [0.4, 0.5) is 0 Å². The minimum Gasteiger partial charge on any atom is -0.344 e. The van der Waals surface area contributed by atoms with Crippen molar-refractivity contribution in [3.8, 4) is 11.3 Å². The van der Waals surface area contributed by atoms with E-state index in [1.165, 1.54) is 0 Å². The number of fused-ring (bicyclic) bond motifs is 1. The zero-order valence-corrected chi connectivity index (χ0v) is 10.9. The van der Waals surface area contributed by atoms with Gasteiger partial charge >= 0.3 is 0 Å².